The van der Waals surface area contributed by atoms with Crippen molar-refractivity contribution in [3.8, 4) is 0 Å². The van der Waals surface area contributed by atoms with Crippen LogP contribution in [0.3, 0.4) is 0 Å². The van der Waals surface area contributed by atoms with E-state index in [-0.39, 0.29) is 42.7 Å². The topological polar surface area (TPSA) is 102 Å². The molecule has 0 bridgehead atoms. The Morgan fingerprint density at radius 1 is 0.483 bits per heavy atom. The average molecular weight is 848 g/mol. The van der Waals surface area contributed by atoms with E-state index >= 15 is 0 Å². The number of nitrogens with zero attached hydrogens (tertiary/aromatic N) is 1. The van der Waals surface area contributed by atoms with E-state index in [0.717, 1.165) is 38.5 Å². The van der Waals surface area contributed by atoms with Crippen molar-refractivity contribution in [1.82, 2.24) is 0 Å². The van der Waals surface area contributed by atoms with Crippen molar-refractivity contribution in [2.45, 2.75) is 251 Å². The first-order valence-corrected chi connectivity index (χ1v) is 25.4. The van der Waals surface area contributed by atoms with Gasteiger partial charge in [0.25, 0.3) is 0 Å². The quantitative estimate of drug-likeness (QED) is 0.0260. The van der Waals surface area contributed by atoms with E-state index in [9.17, 15) is 19.5 Å². The number of carbonyl (C=O) groups excluding carboxylic acids is 3. The Hall–Kier alpha value is -2.19. The molecule has 2 unspecified atom stereocenters. The standard InChI is InChI=1S/C52H97NO7/c1-6-8-10-12-14-16-18-20-22-23-24-25-26-27-29-30-32-34-36-38-40-42-50(54)59-47-48(46-58-45-44-49(52(56)57)53(3,4)5)60-51(55)43-41-39-37-35-33-31-28-21-19-17-15-13-11-9-7-2/h17,19,25-26,48-49H,6-16,18,20-24,27-47H2,1-5H3/b19-17+,26-25+. The largest absolute Gasteiger partial charge is 0.544 e. The number of carbonyl (C=O) groups is 3. The Labute approximate surface area is 371 Å². The van der Waals surface area contributed by atoms with Crippen LogP contribution in [0.1, 0.15) is 239 Å². The van der Waals surface area contributed by atoms with Crippen molar-refractivity contribution < 1.29 is 38.2 Å². The molecule has 0 aromatic heterocycles. The maximum absolute atomic E-state index is 12.8. The first kappa shape index (κ1) is 57.8. The molecule has 0 aliphatic heterocycles. The maximum atomic E-state index is 12.8. The number of allylic oxidation sites excluding steroid dienone is 4. The van der Waals surface area contributed by atoms with Gasteiger partial charge in [-0.1, -0.05) is 179 Å². The Morgan fingerprint density at radius 2 is 0.833 bits per heavy atom. The summed E-state index contributed by atoms with van der Waals surface area (Å²) in [7, 11) is 5.42. The molecule has 0 aromatic carbocycles. The molecule has 0 rings (SSSR count). The molecule has 0 amide bonds. The zero-order valence-corrected chi connectivity index (χ0v) is 40.1. The molecular formula is C52H97NO7. The molecule has 0 spiro atoms. The third kappa shape index (κ3) is 41.2. The van der Waals surface area contributed by atoms with Crippen LogP contribution in [0.5, 0.6) is 0 Å². The van der Waals surface area contributed by atoms with E-state index in [4.69, 9.17) is 14.2 Å². The summed E-state index contributed by atoms with van der Waals surface area (Å²) in [5.41, 5.74) is 0. The van der Waals surface area contributed by atoms with Crippen LogP contribution in [-0.2, 0) is 28.6 Å². The molecule has 0 aliphatic carbocycles. The number of esters is 2. The number of hydrogen-bond donors (Lipinski definition) is 0. The van der Waals surface area contributed by atoms with Crippen LogP contribution in [-0.4, -0.2) is 75.5 Å². The second-order valence-electron chi connectivity index (χ2n) is 18.4. The fourth-order valence-corrected chi connectivity index (χ4v) is 7.59. The lowest BCUT2D eigenvalue weighted by molar-refractivity contribution is -0.889. The second kappa shape index (κ2) is 43.5. The molecule has 0 saturated heterocycles. The minimum atomic E-state index is -1.12. The van der Waals surface area contributed by atoms with Gasteiger partial charge in [0.15, 0.2) is 6.10 Å². The van der Waals surface area contributed by atoms with Gasteiger partial charge in [0.2, 0.25) is 0 Å². The zero-order valence-electron chi connectivity index (χ0n) is 40.1. The molecule has 0 radical (unpaired) electrons. The van der Waals surface area contributed by atoms with Crippen LogP contribution in [0, 0.1) is 0 Å². The van der Waals surface area contributed by atoms with Crippen molar-refractivity contribution in [2.75, 3.05) is 41.0 Å². The fourth-order valence-electron chi connectivity index (χ4n) is 7.59. The lowest BCUT2D eigenvalue weighted by Crippen LogP contribution is -2.55. The molecule has 352 valence electrons. The van der Waals surface area contributed by atoms with Gasteiger partial charge in [-0.25, -0.2) is 0 Å². The van der Waals surface area contributed by atoms with Gasteiger partial charge in [0.05, 0.1) is 40.3 Å². The van der Waals surface area contributed by atoms with E-state index in [0.29, 0.717) is 12.8 Å². The Balaban J connectivity index is 4.22. The van der Waals surface area contributed by atoms with Crippen molar-refractivity contribution in [3.63, 3.8) is 0 Å². The minimum Gasteiger partial charge on any atom is -0.544 e. The highest BCUT2D eigenvalue weighted by atomic mass is 16.6. The van der Waals surface area contributed by atoms with Crippen molar-refractivity contribution in [2.24, 2.45) is 0 Å². The van der Waals surface area contributed by atoms with Gasteiger partial charge in [-0.15, -0.1) is 0 Å². The van der Waals surface area contributed by atoms with Gasteiger partial charge in [0.1, 0.15) is 12.6 Å². The Kier molecular flexibility index (Phi) is 41.9. The molecule has 60 heavy (non-hydrogen) atoms. The number of carboxylic acids is 1. The number of ether oxygens (including phenoxy) is 3. The summed E-state index contributed by atoms with van der Waals surface area (Å²) in [6.45, 7) is 4.67. The molecule has 0 heterocycles. The van der Waals surface area contributed by atoms with E-state index in [1.807, 2.05) is 0 Å². The summed E-state index contributed by atoms with van der Waals surface area (Å²) < 4.78 is 17.2. The zero-order chi connectivity index (χ0) is 44.2. The second-order valence-corrected chi connectivity index (χ2v) is 18.4. The third-order valence-electron chi connectivity index (χ3n) is 11.6. The van der Waals surface area contributed by atoms with Crippen LogP contribution in [0.25, 0.3) is 0 Å². The Bertz CT molecular complexity index is 1040. The first-order valence-electron chi connectivity index (χ1n) is 25.4. The third-order valence-corrected chi connectivity index (χ3v) is 11.6. The van der Waals surface area contributed by atoms with Crippen LogP contribution >= 0.6 is 0 Å². The lowest BCUT2D eigenvalue weighted by atomic mass is 10.1. The predicted octanol–water partition coefficient (Wildman–Crippen LogP) is 13.1. The van der Waals surface area contributed by atoms with Crippen molar-refractivity contribution in [3.05, 3.63) is 24.3 Å². The van der Waals surface area contributed by atoms with E-state index in [2.05, 4.69) is 38.2 Å². The monoisotopic (exact) mass is 848 g/mol. The summed E-state index contributed by atoms with van der Waals surface area (Å²) in [6, 6.07) is -0.725. The number of rotatable bonds is 46. The number of hydrogen-bond acceptors (Lipinski definition) is 7. The summed E-state index contributed by atoms with van der Waals surface area (Å²) in [5, 5.41) is 11.6. The van der Waals surface area contributed by atoms with E-state index < -0.39 is 18.1 Å². The van der Waals surface area contributed by atoms with Crippen LogP contribution < -0.4 is 5.11 Å². The Morgan fingerprint density at radius 3 is 1.22 bits per heavy atom. The summed E-state index contributed by atoms with van der Waals surface area (Å²) in [6.07, 6.45) is 49.2. The highest BCUT2D eigenvalue weighted by molar-refractivity contribution is 5.70. The van der Waals surface area contributed by atoms with Gasteiger partial charge in [-0.05, 0) is 64.2 Å². The smallest absolute Gasteiger partial charge is 0.306 e. The van der Waals surface area contributed by atoms with Crippen LogP contribution in [0.15, 0.2) is 24.3 Å². The minimum absolute atomic E-state index is 0.0408. The number of likely N-dealkylation sites (N-methyl/N-ethyl adjacent to an activating group) is 1. The van der Waals surface area contributed by atoms with Gasteiger partial charge in [-0.2, -0.15) is 0 Å². The number of unbranched alkanes of at least 4 members (excludes halogenated alkanes) is 28. The lowest BCUT2D eigenvalue weighted by Gasteiger charge is -2.34. The predicted molar refractivity (Wildman–Crippen MR) is 250 cm³/mol. The molecule has 8 heteroatoms. The molecule has 2 atom stereocenters. The maximum Gasteiger partial charge on any atom is 0.306 e. The molecule has 0 saturated carbocycles. The first-order chi connectivity index (χ1) is 29.1. The van der Waals surface area contributed by atoms with Gasteiger partial charge in [-0.3, -0.25) is 9.59 Å². The van der Waals surface area contributed by atoms with Crippen molar-refractivity contribution in [1.29, 1.82) is 0 Å². The molecular weight excluding hydrogens is 751 g/mol. The number of quaternary nitrogens is 1. The van der Waals surface area contributed by atoms with Crippen LogP contribution in [0.2, 0.25) is 0 Å². The van der Waals surface area contributed by atoms with Crippen LogP contribution in [0.4, 0.5) is 0 Å². The molecule has 8 nitrogen and oxygen atoms in total. The summed E-state index contributed by atoms with van der Waals surface area (Å²) >= 11 is 0. The SMILES string of the molecule is CCCCCC/C=C/CCCCCCCCCC(=O)OC(COCCC(C(=O)[O-])[N+](C)(C)C)COC(=O)CCCCCCCCC/C=C/CCCCCCCCCCCC. The highest BCUT2D eigenvalue weighted by Crippen LogP contribution is 2.15. The van der Waals surface area contributed by atoms with Gasteiger partial charge < -0.3 is 28.6 Å². The van der Waals surface area contributed by atoms with Gasteiger partial charge >= 0.3 is 11.9 Å². The van der Waals surface area contributed by atoms with Gasteiger partial charge in [0, 0.05) is 19.3 Å². The van der Waals surface area contributed by atoms with Crippen molar-refractivity contribution >= 4 is 17.9 Å². The highest BCUT2D eigenvalue weighted by Gasteiger charge is 2.25. The van der Waals surface area contributed by atoms with E-state index in [1.54, 1.807) is 21.1 Å². The molecule has 0 aromatic rings. The summed E-state index contributed by atoms with van der Waals surface area (Å²) in [4.78, 5) is 37.0. The number of aliphatic carboxylic acids is 1. The average Bonchev–Trinajstić information content (AvgIpc) is 3.21. The molecule has 0 fully saturated rings. The fraction of sp³-hybridized carbons (Fsp3) is 0.865. The number of carboxylic acid groups (broad SMARTS) is 1. The summed E-state index contributed by atoms with van der Waals surface area (Å²) in [5.74, 6) is -1.73. The normalized spacial score (nSPS) is 13.0. The molecule has 0 N–H and O–H groups in total. The molecule has 0 aliphatic rings. The van der Waals surface area contributed by atoms with E-state index in [1.165, 1.54) is 167 Å².